The first-order valence-electron chi connectivity index (χ1n) is 10.9. The van der Waals surface area contributed by atoms with Crippen molar-refractivity contribution >= 4 is 45.1 Å². The molecular formula is C26H27IN2S2. The van der Waals surface area contributed by atoms with Crippen LogP contribution in [0.1, 0.15) is 38.1 Å². The van der Waals surface area contributed by atoms with Gasteiger partial charge in [-0.25, -0.2) is 0 Å². The maximum Gasteiger partial charge on any atom is 0.263 e. The zero-order valence-electron chi connectivity index (χ0n) is 18.0. The molecule has 0 atom stereocenters. The second-order valence-electron chi connectivity index (χ2n) is 7.74. The third-order valence-electron chi connectivity index (χ3n) is 5.83. The number of nitrogens with zero attached hydrogens (tertiary/aromatic N) is 2. The van der Waals surface area contributed by atoms with Crippen molar-refractivity contribution in [1.82, 2.24) is 0 Å². The van der Waals surface area contributed by atoms with E-state index in [4.69, 9.17) is 0 Å². The number of para-hydroxylation sites is 2. The van der Waals surface area contributed by atoms with Crippen LogP contribution in [-0.2, 0) is 6.54 Å². The van der Waals surface area contributed by atoms with Crippen LogP contribution in [0, 0.1) is 0 Å². The van der Waals surface area contributed by atoms with Crippen LogP contribution in [0.3, 0.4) is 0 Å². The van der Waals surface area contributed by atoms with Crippen LogP contribution in [-0.4, -0.2) is 6.54 Å². The second-order valence-corrected chi connectivity index (χ2v) is 9.87. The van der Waals surface area contributed by atoms with Crippen molar-refractivity contribution in [3.8, 4) is 0 Å². The third-order valence-corrected chi connectivity index (χ3v) is 8.05. The van der Waals surface area contributed by atoms with Crippen molar-refractivity contribution in [1.29, 1.82) is 0 Å². The highest BCUT2D eigenvalue weighted by Crippen LogP contribution is 2.46. The summed E-state index contributed by atoms with van der Waals surface area (Å²) < 4.78 is 3.81. The minimum absolute atomic E-state index is 0. The van der Waals surface area contributed by atoms with E-state index in [0.717, 1.165) is 25.9 Å². The molecule has 0 radical (unpaired) electrons. The Morgan fingerprint density at radius 2 is 1.81 bits per heavy atom. The number of thiazole rings is 1. The van der Waals surface area contributed by atoms with Crippen LogP contribution < -0.4 is 33.4 Å². The second kappa shape index (κ2) is 9.92. The molecule has 3 aromatic rings. The third kappa shape index (κ3) is 4.50. The molecule has 2 heterocycles. The largest absolute Gasteiger partial charge is 1.00 e. The number of fused-ring (bicyclic) bond motifs is 2. The van der Waals surface area contributed by atoms with Crippen molar-refractivity contribution in [3.05, 3.63) is 81.9 Å². The molecule has 1 aliphatic carbocycles. The van der Waals surface area contributed by atoms with Crippen LogP contribution >= 0.6 is 23.1 Å². The number of halogens is 1. The van der Waals surface area contributed by atoms with Gasteiger partial charge in [-0.2, -0.15) is 4.57 Å². The Kier molecular flexibility index (Phi) is 7.24. The molecule has 5 rings (SSSR count). The summed E-state index contributed by atoms with van der Waals surface area (Å²) in [5.41, 5.74) is 5.59. The minimum Gasteiger partial charge on any atom is -1.00 e. The topological polar surface area (TPSA) is 7.12 Å². The number of allylic oxidation sites excluding steroid dienone is 4. The van der Waals surface area contributed by atoms with Gasteiger partial charge in [0.25, 0.3) is 5.01 Å². The molecule has 2 nitrogen and oxygen atoms in total. The zero-order chi connectivity index (χ0) is 20.5. The Labute approximate surface area is 210 Å². The molecule has 0 saturated carbocycles. The molecule has 1 aromatic heterocycles. The van der Waals surface area contributed by atoms with E-state index in [1.807, 2.05) is 23.1 Å². The summed E-state index contributed by atoms with van der Waals surface area (Å²) in [5.74, 6) is 0. The van der Waals surface area contributed by atoms with E-state index in [1.165, 1.54) is 48.4 Å². The normalized spacial score (nSPS) is 18.4. The van der Waals surface area contributed by atoms with Gasteiger partial charge in [-0.3, -0.25) is 0 Å². The Balaban J connectivity index is 0.00000231. The Morgan fingerprint density at radius 3 is 2.65 bits per heavy atom. The number of benzene rings is 2. The Morgan fingerprint density at radius 1 is 1.00 bits per heavy atom. The van der Waals surface area contributed by atoms with Gasteiger partial charge in [0, 0.05) is 23.6 Å². The van der Waals surface area contributed by atoms with Crippen molar-refractivity contribution in [2.45, 2.75) is 44.6 Å². The molecule has 0 bridgehead atoms. The van der Waals surface area contributed by atoms with Gasteiger partial charge < -0.3 is 28.9 Å². The van der Waals surface area contributed by atoms with E-state index in [2.05, 4.69) is 90.1 Å². The van der Waals surface area contributed by atoms with Crippen LogP contribution in [0.5, 0.6) is 0 Å². The maximum absolute atomic E-state index is 2.44. The Bertz CT molecular complexity index is 1190. The highest BCUT2D eigenvalue weighted by Gasteiger charge is 2.24. The average molecular weight is 559 g/mol. The van der Waals surface area contributed by atoms with Crippen LogP contribution in [0.15, 0.2) is 81.8 Å². The molecule has 0 N–H and O–H groups in total. The molecular weight excluding hydrogens is 531 g/mol. The van der Waals surface area contributed by atoms with Crippen LogP contribution in [0.4, 0.5) is 5.69 Å². The zero-order valence-corrected chi connectivity index (χ0v) is 21.8. The maximum atomic E-state index is 2.44. The fourth-order valence-corrected chi connectivity index (χ4v) is 6.80. The van der Waals surface area contributed by atoms with Crippen molar-refractivity contribution < 1.29 is 28.5 Å². The SMILES string of the molecule is CCN1/C(=C/C2=CC(=C\c3sc4ccccc4[n+]3CC)/CCC2)Sc2ccccc21.[I-]. The van der Waals surface area contributed by atoms with Crippen LogP contribution in [0.25, 0.3) is 16.3 Å². The molecule has 1 aliphatic heterocycles. The first-order chi connectivity index (χ1) is 14.8. The molecule has 2 aromatic carbocycles. The van der Waals surface area contributed by atoms with Gasteiger partial charge >= 0.3 is 0 Å². The number of hydrogen-bond donors (Lipinski definition) is 0. The standard InChI is InChI=1S/C26H27N2S2.HI/c1-3-27-21-12-5-7-14-23(21)29-25(27)17-19-10-9-11-20(16-19)18-26-28(4-2)22-13-6-8-15-24(22)30-26;/h5-8,12-18H,3-4,9-11H2,1-2H3;1H/q+1;/p-1. The van der Waals surface area contributed by atoms with E-state index in [9.17, 15) is 0 Å². The van der Waals surface area contributed by atoms with E-state index < -0.39 is 0 Å². The predicted molar refractivity (Wildman–Crippen MR) is 131 cm³/mol. The van der Waals surface area contributed by atoms with E-state index in [0.29, 0.717) is 0 Å². The number of aryl methyl sites for hydroxylation is 1. The van der Waals surface area contributed by atoms with Gasteiger partial charge in [0.2, 0.25) is 5.52 Å². The number of thioether (sulfide) groups is 1. The molecule has 5 heteroatoms. The average Bonchev–Trinajstić information content (AvgIpc) is 3.30. The lowest BCUT2D eigenvalue weighted by Crippen LogP contribution is -3.00. The van der Waals surface area contributed by atoms with E-state index in [-0.39, 0.29) is 24.0 Å². The lowest BCUT2D eigenvalue weighted by Gasteiger charge is -2.19. The van der Waals surface area contributed by atoms with Crippen LogP contribution in [0.2, 0.25) is 0 Å². The van der Waals surface area contributed by atoms with Gasteiger partial charge in [0.05, 0.1) is 10.7 Å². The first kappa shape index (κ1) is 22.6. The molecule has 0 saturated heterocycles. The highest BCUT2D eigenvalue weighted by atomic mass is 127. The van der Waals surface area contributed by atoms with Gasteiger partial charge in [0.1, 0.15) is 11.2 Å². The van der Waals surface area contributed by atoms with Crippen molar-refractivity contribution in [3.63, 3.8) is 0 Å². The highest BCUT2D eigenvalue weighted by molar-refractivity contribution is 8.03. The Hall–Kier alpha value is -1.57. The molecule has 0 spiro atoms. The van der Waals surface area contributed by atoms with Gasteiger partial charge in [0.15, 0.2) is 0 Å². The summed E-state index contributed by atoms with van der Waals surface area (Å²) in [4.78, 5) is 3.81. The first-order valence-corrected chi connectivity index (χ1v) is 12.5. The smallest absolute Gasteiger partial charge is 0.263 e. The van der Waals surface area contributed by atoms with Gasteiger partial charge in [-0.1, -0.05) is 53.4 Å². The predicted octanol–water partition coefficient (Wildman–Crippen LogP) is 4.18. The summed E-state index contributed by atoms with van der Waals surface area (Å²) in [6.07, 6.45) is 10.8. The molecule has 0 unspecified atom stereocenters. The monoisotopic (exact) mass is 558 g/mol. The minimum atomic E-state index is 0. The molecule has 31 heavy (non-hydrogen) atoms. The number of rotatable bonds is 4. The summed E-state index contributed by atoms with van der Waals surface area (Å²) in [6, 6.07) is 17.5. The molecule has 2 aliphatic rings. The fraction of sp³-hybridized carbons (Fsp3) is 0.269. The lowest BCUT2D eigenvalue weighted by molar-refractivity contribution is -0.665. The van der Waals surface area contributed by atoms with E-state index >= 15 is 0 Å². The fourth-order valence-electron chi connectivity index (χ4n) is 4.40. The lowest BCUT2D eigenvalue weighted by atomic mass is 9.95. The van der Waals surface area contributed by atoms with Gasteiger partial charge in [-0.05, 0) is 68.5 Å². The number of aromatic nitrogens is 1. The molecule has 160 valence electrons. The summed E-state index contributed by atoms with van der Waals surface area (Å²) in [6.45, 7) is 6.48. The van der Waals surface area contributed by atoms with Crippen molar-refractivity contribution in [2.75, 3.05) is 11.4 Å². The summed E-state index contributed by atoms with van der Waals surface area (Å²) >= 11 is 3.80. The summed E-state index contributed by atoms with van der Waals surface area (Å²) in [7, 11) is 0. The van der Waals surface area contributed by atoms with Gasteiger partial charge in [-0.15, -0.1) is 0 Å². The number of anilines is 1. The molecule has 0 amide bonds. The number of hydrogen-bond acceptors (Lipinski definition) is 3. The van der Waals surface area contributed by atoms with Crippen molar-refractivity contribution in [2.24, 2.45) is 0 Å². The molecule has 0 fully saturated rings. The summed E-state index contributed by atoms with van der Waals surface area (Å²) in [5, 5.41) is 2.72. The quantitative estimate of drug-likeness (QED) is 0.351. The van der Waals surface area contributed by atoms with E-state index in [1.54, 1.807) is 0 Å².